The number of nitrogens with two attached hydrogens (primary N) is 1. The molecule has 0 saturated heterocycles. The molecule has 1 aliphatic carbocycles. The fourth-order valence-electron chi connectivity index (χ4n) is 3.84. The van der Waals surface area contributed by atoms with Gasteiger partial charge < -0.3 is 15.5 Å². The monoisotopic (exact) mass is 484 g/mol. The van der Waals surface area contributed by atoms with E-state index in [1.54, 1.807) is 12.1 Å². The van der Waals surface area contributed by atoms with Crippen LogP contribution in [0.25, 0.3) is 11.3 Å². The van der Waals surface area contributed by atoms with Crippen LogP contribution in [0.3, 0.4) is 0 Å². The Labute approximate surface area is 198 Å². The van der Waals surface area contributed by atoms with Gasteiger partial charge in [0, 0.05) is 10.9 Å². The number of amides is 2. The second-order valence-corrected chi connectivity index (χ2v) is 9.28. The number of furan rings is 1. The fraction of sp³-hybridized carbons (Fsp3) is 0.227. The minimum Gasteiger partial charge on any atom is -0.451 e. The quantitative estimate of drug-likeness (QED) is 0.279. The Morgan fingerprint density at radius 1 is 1.27 bits per heavy atom. The third-order valence-corrected chi connectivity index (χ3v) is 6.78. The number of carbonyl (C=O) groups is 2. The van der Waals surface area contributed by atoms with E-state index in [0.29, 0.717) is 16.5 Å². The van der Waals surface area contributed by atoms with Crippen LogP contribution in [0.4, 0.5) is 10.7 Å². The largest absolute Gasteiger partial charge is 0.451 e. The average molecular weight is 485 g/mol. The van der Waals surface area contributed by atoms with E-state index in [1.165, 1.54) is 35.6 Å². The fourth-order valence-corrected chi connectivity index (χ4v) is 5.52. The zero-order valence-electron chi connectivity index (χ0n) is 17.5. The smallest absolute Gasteiger partial charge is 0.293 e. The number of nitrogens with zero attached hydrogens (tertiary/aromatic N) is 1. The molecular weight excluding hydrogens is 464 g/mol. The standard InChI is InChI=1S/C22H20N4O5S2/c1-11-6-7-13-17(10-11)33-21(18(13)19(23)27)25-22(32)24-20(28)16-9-8-15(31-16)12-4-2-3-5-14(12)26(29)30/h2-5,8-9,11H,6-7,10H2,1H3,(H2,23,27)(H2,24,25,28,32). The normalized spacial score (nSPS) is 14.9. The second-order valence-electron chi connectivity index (χ2n) is 7.77. The van der Waals surface area contributed by atoms with E-state index >= 15 is 0 Å². The summed E-state index contributed by atoms with van der Waals surface area (Å²) in [5.41, 5.74) is 7.09. The van der Waals surface area contributed by atoms with Crippen LogP contribution >= 0.6 is 23.6 Å². The Balaban J connectivity index is 1.49. The molecule has 0 aliphatic heterocycles. The van der Waals surface area contributed by atoms with Crippen molar-refractivity contribution in [2.45, 2.75) is 26.2 Å². The molecule has 9 nitrogen and oxygen atoms in total. The molecule has 2 aromatic heterocycles. The van der Waals surface area contributed by atoms with Gasteiger partial charge in [-0.1, -0.05) is 19.1 Å². The highest BCUT2D eigenvalue weighted by atomic mass is 32.1. The van der Waals surface area contributed by atoms with Crippen molar-refractivity contribution in [1.29, 1.82) is 0 Å². The maximum atomic E-state index is 12.6. The van der Waals surface area contributed by atoms with Gasteiger partial charge in [-0.05, 0) is 61.2 Å². The van der Waals surface area contributed by atoms with Crippen molar-refractivity contribution < 1.29 is 18.9 Å². The van der Waals surface area contributed by atoms with Crippen molar-refractivity contribution in [3.63, 3.8) is 0 Å². The lowest BCUT2D eigenvalue weighted by Gasteiger charge is -2.18. The Morgan fingerprint density at radius 3 is 2.76 bits per heavy atom. The summed E-state index contributed by atoms with van der Waals surface area (Å²) < 4.78 is 5.54. The van der Waals surface area contributed by atoms with Crippen LogP contribution in [0.5, 0.6) is 0 Å². The average Bonchev–Trinajstić information content (AvgIpc) is 3.38. The van der Waals surface area contributed by atoms with E-state index in [-0.39, 0.29) is 27.9 Å². The molecular formula is C22H20N4O5S2. The molecule has 11 heteroatoms. The van der Waals surface area contributed by atoms with Gasteiger partial charge in [-0.3, -0.25) is 25.0 Å². The summed E-state index contributed by atoms with van der Waals surface area (Å²) in [6.45, 7) is 2.16. The number of primary amides is 1. The van der Waals surface area contributed by atoms with E-state index in [0.717, 1.165) is 29.7 Å². The van der Waals surface area contributed by atoms with Gasteiger partial charge in [-0.2, -0.15) is 0 Å². The number of thiocarbonyl (C=S) groups is 1. The topological polar surface area (TPSA) is 140 Å². The lowest BCUT2D eigenvalue weighted by molar-refractivity contribution is -0.384. The van der Waals surface area contributed by atoms with Gasteiger partial charge in [0.1, 0.15) is 10.8 Å². The number of nitro groups is 1. The Hall–Kier alpha value is -3.57. The van der Waals surface area contributed by atoms with E-state index in [9.17, 15) is 19.7 Å². The lowest BCUT2D eigenvalue weighted by Crippen LogP contribution is -2.34. The molecule has 0 radical (unpaired) electrons. The molecule has 0 saturated carbocycles. The zero-order valence-corrected chi connectivity index (χ0v) is 19.2. The van der Waals surface area contributed by atoms with Crippen LogP contribution < -0.4 is 16.4 Å². The van der Waals surface area contributed by atoms with Gasteiger partial charge in [-0.25, -0.2) is 0 Å². The molecule has 33 heavy (non-hydrogen) atoms. The molecule has 2 amide bonds. The minimum atomic E-state index is -0.632. The molecule has 4 rings (SSSR count). The minimum absolute atomic E-state index is 0.0159. The molecule has 0 bridgehead atoms. The summed E-state index contributed by atoms with van der Waals surface area (Å²) in [5, 5.41) is 17.2. The zero-order chi connectivity index (χ0) is 23.7. The maximum Gasteiger partial charge on any atom is 0.293 e. The first-order chi connectivity index (χ1) is 15.7. The molecule has 3 aromatic rings. The number of hydrogen-bond acceptors (Lipinski definition) is 7. The van der Waals surface area contributed by atoms with Gasteiger partial charge in [-0.15, -0.1) is 11.3 Å². The van der Waals surface area contributed by atoms with Gasteiger partial charge >= 0.3 is 0 Å². The maximum absolute atomic E-state index is 12.6. The Morgan fingerprint density at radius 2 is 2.03 bits per heavy atom. The summed E-state index contributed by atoms with van der Waals surface area (Å²) in [7, 11) is 0. The molecule has 1 aromatic carbocycles. The molecule has 1 aliphatic rings. The predicted octanol–water partition coefficient (Wildman–Crippen LogP) is 4.27. The van der Waals surface area contributed by atoms with Crippen molar-refractivity contribution in [3.8, 4) is 11.3 Å². The number of carbonyl (C=O) groups excluding carboxylic acids is 2. The Kier molecular flexibility index (Phi) is 6.25. The SMILES string of the molecule is CC1CCc2c(sc(NC(=S)NC(=O)c3ccc(-c4ccccc4[N+](=O)[O-])o3)c2C(N)=O)C1. The van der Waals surface area contributed by atoms with Crippen LogP contribution in [-0.2, 0) is 12.8 Å². The van der Waals surface area contributed by atoms with Gasteiger partial charge in [0.15, 0.2) is 10.9 Å². The summed E-state index contributed by atoms with van der Waals surface area (Å²) >= 11 is 6.67. The van der Waals surface area contributed by atoms with Crippen LogP contribution in [0.15, 0.2) is 40.8 Å². The first-order valence-corrected chi connectivity index (χ1v) is 11.4. The summed E-state index contributed by atoms with van der Waals surface area (Å²) in [6.07, 6.45) is 2.61. The van der Waals surface area contributed by atoms with Crippen molar-refractivity contribution >= 4 is 51.2 Å². The molecule has 0 fully saturated rings. The number of anilines is 1. The van der Waals surface area contributed by atoms with E-state index < -0.39 is 16.7 Å². The number of nitro benzene ring substituents is 1. The first-order valence-electron chi connectivity index (χ1n) is 10.1. The van der Waals surface area contributed by atoms with E-state index in [2.05, 4.69) is 17.6 Å². The summed E-state index contributed by atoms with van der Waals surface area (Å²) in [6, 6.07) is 8.97. The molecule has 4 N–H and O–H groups in total. The van der Waals surface area contributed by atoms with E-state index in [4.69, 9.17) is 22.4 Å². The van der Waals surface area contributed by atoms with Crippen molar-refractivity contribution in [2.75, 3.05) is 5.32 Å². The number of nitrogens with one attached hydrogen (secondary N) is 2. The Bertz CT molecular complexity index is 1280. The molecule has 0 spiro atoms. The second kappa shape index (κ2) is 9.12. The number of benzene rings is 1. The third kappa shape index (κ3) is 4.64. The molecule has 1 unspecified atom stereocenters. The van der Waals surface area contributed by atoms with E-state index in [1.807, 2.05) is 0 Å². The molecule has 170 valence electrons. The van der Waals surface area contributed by atoms with Gasteiger partial charge in [0.05, 0.1) is 16.1 Å². The number of hydrogen-bond donors (Lipinski definition) is 3. The number of para-hydroxylation sites is 1. The molecule has 1 atom stereocenters. The van der Waals surface area contributed by atoms with Crippen molar-refractivity contribution in [2.24, 2.45) is 11.7 Å². The van der Waals surface area contributed by atoms with Crippen LogP contribution in [0.1, 0.15) is 44.7 Å². The number of thiophene rings is 1. The first kappa shape index (κ1) is 22.6. The number of fused-ring (bicyclic) bond motifs is 1. The van der Waals surface area contributed by atoms with Crippen molar-refractivity contribution in [3.05, 3.63) is 68.3 Å². The number of rotatable bonds is 5. The van der Waals surface area contributed by atoms with Crippen LogP contribution in [-0.4, -0.2) is 21.9 Å². The van der Waals surface area contributed by atoms with Crippen LogP contribution in [0.2, 0.25) is 0 Å². The van der Waals surface area contributed by atoms with Gasteiger partial charge in [0.25, 0.3) is 17.5 Å². The summed E-state index contributed by atoms with van der Waals surface area (Å²) in [5.74, 6) is -0.541. The highest BCUT2D eigenvalue weighted by molar-refractivity contribution is 7.80. The van der Waals surface area contributed by atoms with Crippen molar-refractivity contribution in [1.82, 2.24) is 5.32 Å². The third-order valence-electron chi connectivity index (χ3n) is 5.41. The molecule has 2 heterocycles. The highest BCUT2D eigenvalue weighted by Gasteiger charge is 2.27. The predicted molar refractivity (Wildman–Crippen MR) is 129 cm³/mol. The summed E-state index contributed by atoms with van der Waals surface area (Å²) in [4.78, 5) is 36.5. The van der Waals surface area contributed by atoms with Gasteiger partial charge in [0.2, 0.25) is 0 Å². The highest BCUT2D eigenvalue weighted by Crippen LogP contribution is 2.39. The lowest BCUT2D eigenvalue weighted by atomic mass is 9.88. The van der Waals surface area contributed by atoms with Crippen LogP contribution in [0, 0.1) is 16.0 Å².